The number of aromatic nitrogens is 3. The molecule has 1 N–H and O–H groups in total. The van der Waals surface area contributed by atoms with E-state index in [1.165, 1.54) is 0 Å². The van der Waals surface area contributed by atoms with Gasteiger partial charge >= 0.3 is 0 Å². The van der Waals surface area contributed by atoms with E-state index in [4.69, 9.17) is 4.74 Å². The van der Waals surface area contributed by atoms with Crippen LogP contribution in [0.25, 0.3) is 16.9 Å². The monoisotopic (exact) mass is 366 g/mol. The second-order valence-corrected chi connectivity index (χ2v) is 6.73. The number of benzene rings is 1. The van der Waals surface area contributed by atoms with Gasteiger partial charge in [-0.15, -0.1) is 0 Å². The number of aliphatic hydroxyl groups is 1. The van der Waals surface area contributed by atoms with Crippen LogP contribution in [0.5, 0.6) is 0 Å². The van der Waals surface area contributed by atoms with E-state index >= 15 is 0 Å². The van der Waals surface area contributed by atoms with Crippen LogP contribution in [-0.4, -0.2) is 62.9 Å². The molecule has 1 amide bonds. The minimum absolute atomic E-state index is 0.00930. The molecular formula is C20H22N4O3. The lowest BCUT2D eigenvalue weighted by Crippen LogP contribution is -2.36. The molecule has 1 aliphatic heterocycles. The van der Waals surface area contributed by atoms with Gasteiger partial charge in [0, 0.05) is 32.5 Å². The van der Waals surface area contributed by atoms with Gasteiger partial charge in [0.2, 0.25) is 0 Å². The van der Waals surface area contributed by atoms with Crippen molar-refractivity contribution in [2.45, 2.75) is 25.0 Å². The summed E-state index contributed by atoms with van der Waals surface area (Å²) in [7, 11) is 1.65. The number of rotatable bonds is 5. The lowest BCUT2D eigenvalue weighted by atomic mass is 10.1. The zero-order chi connectivity index (χ0) is 18.8. The third kappa shape index (κ3) is 3.31. The first kappa shape index (κ1) is 17.6. The Balaban J connectivity index is 1.57. The first-order valence-corrected chi connectivity index (χ1v) is 9.04. The Bertz CT molecular complexity index is 938. The number of carbonyl (C=O) groups excluding carboxylic acids is 1. The maximum Gasteiger partial charge on any atom is 0.255 e. The number of ether oxygens (including phenoxy) is 1. The van der Waals surface area contributed by atoms with Crippen molar-refractivity contribution in [2.75, 3.05) is 20.3 Å². The van der Waals surface area contributed by atoms with Crippen molar-refractivity contribution in [1.29, 1.82) is 0 Å². The normalized spacial score (nSPS) is 19.7. The molecule has 1 aromatic carbocycles. The van der Waals surface area contributed by atoms with Crippen LogP contribution in [0.2, 0.25) is 0 Å². The molecule has 2 aromatic heterocycles. The molecular weight excluding hydrogens is 344 g/mol. The Morgan fingerprint density at radius 2 is 2.11 bits per heavy atom. The van der Waals surface area contributed by atoms with Crippen molar-refractivity contribution in [3.8, 4) is 5.82 Å². The Hall–Kier alpha value is -2.77. The van der Waals surface area contributed by atoms with E-state index in [2.05, 4.69) is 9.97 Å². The number of amides is 1. The molecule has 3 heterocycles. The van der Waals surface area contributed by atoms with Crippen molar-refractivity contribution >= 4 is 16.9 Å². The highest BCUT2D eigenvalue weighted by Crippen LogP contribution is 2.25. The number of fused-ring (bicyclic) bond motifs is 1. The van der Waals surface area contributed by atoms with Gasteiger partial charge < -0.3 is 14.7 Å². The molecule has 0 aliphatic carbocycles. The van der Waals surface area contributed by atoms with Crippen molar-refractivity contribution in [2.24, 2.45) is 0 Å². The van der Waals surface area contributed by atoms with Gasteiger partial charge in [-0.25, -0.2) is 9.97 Å². The lowest BCUT2D eigenvalue weighted by Gasteiger charge is -2.23. The fraction of sp³-hybridized carbons (Fsp3) is 0.350. The maximum atomic E-state index is 12.9. The second kappa shape index (κ2) is 7.46. The highest BCUT2D eigenvalue weighted by Gasteiger charge is 2.35. The first-order chi connectivity index (χ1) is 13.2. The van der Waals surface area contributed by atoms with Crippen LogP contribution in [-0.2, 0) is 4.74 Å². The summed E-state index contributed by atoms with van der Waals surface area (Å²) in [5.41, 5.74) is 2.39. The zero-order valence-corrected chi connectivity index (χ0v) is 15.2. The Morgan fingerprint density at radius 3 is 2.85 bits per heavy atom. The van der Waals surface area contributed by atoms with Crippen molar-refractivity contribution in [3.63, 3.8) is 0 Å². The fourth-order valence-corrected chi connectivity index (χ4v) is 3.68. The molecule has 3 aromatic rings. The van der Waals surface area contributed by atoms with Crippen molar-refractivity contribution < 1.29 is 14.6 Å². The number of pyridine rings is 1. The SMILES string of the molecule is CO[C@H]1C[C@@H](CCO)N(C(=O)c2ccc(-n3cnc4ccccc43)nc2)C1. The van der Waals surface area contributed by atoms with Crippen LogP contribution in [0, 0.1) is 0 Å². The van der Waals surface area contributed by atoms with Crippen molar-refractivity contribution in [1.82, 2.24) is 19.4 Å². The van der Waals surface area contributed by atoms with E-state index in [1.807, 2.05) is 34.9 Å². The topological polar surface area (TPSA) is 80.5 Å². The quantitative estimate of drug-likeness (QED) is 0.747. The van der Waals surface area contributed by atoms with Crippen LogP contribution in [0.3, 0.4) is 0 Å². The molecule has 0 bridgehead atoms. The molecule has 0 saturated carbocycles. The summed E-state index contributed by atoms with van der Waals surface area (Å²) in [5.74, 6) is 0.630. The number of hydrogen-bond acceptors (Lipinski definition) is 5. The maximum absolute atomic E-state index is 12.9. The van der Waals surface area contributed by atoms with Gasteiger partial charge in [0.15, 0.2) is 0 Å². The predicted molar refractivity (Wildman–Crippen MR) is 101 cm³/mol. The molecule has 1 aliphatic rings. The Labute approximate surface area is 157 Å². The molecule has 7 nitrogen and oxygen atoms in total. The molecule has 1 fully saturated rings. The Kier molecular flexibility index (Phi) is 4.87. The third-order valence-electron chi connectivity index (χ3n) is 5.13. The molecule has 140 valence electrons. The van der Waals surface area contributed by atoms with E-state index in [9.17, 15) is 9.90 Å². The van der Waals surface area contributed by atoms with Crippen LogP contribution < -0.4 is 0 Å². The standard InChI is InChI=1S/C20H22N4O3/c1-27-16-10-15(8-9-25)23(12-16)20(26)14-6-7-19(21-11-14)24-13-22-17-4-2-3-5-18(17)24/h2-7,11,13,15-16,25H,8-10,12H2,1H3/t15-,16+/m1/s1. The fourth-order valence-electron chi connectivity index (χ4n) is 3.68. The number of nitrogens with zero attached hydrogens (tertiary/aromatic N) is 4. The summed E-state index contributed by atoms with van der Waals surface area (Å²) in [6.07, 6.45) is 4.64. The van der Waals surface area contributed by atoms with Crippen molar-refractivity contribution in [3.05, 3.63) is 54.5 Å². The summed E-state index contributed by atoms with van der Waals surface area (Å²) >= 11 is 0. The van der Waals surface area contributed by atoms with Crippen LogP contribution >= 0.6 is 0 Å². The van der Waals surface area contributed by atoms with Gasteiger partial charge in [-0.05, 0) is 37.1 Å². The minimum Gasteiger partial charge on any atom is -0.396 e. The molecule has 0 radical (unpaired) electrons. The largest absolute Gasteiger partial charge is 0.396 e. The minimum atomic E-state index is -0.0810. The number of imidazole rings is 1. The first-order valence-electron chi connectivity index (χ1n) is 9.04. The van der Waals surface area contributed by atoms with Gasteiger partial charge in [0.1, 0.15) is 12.1 Å². The van der Waals surface area contributed by atoms with Gasteiger partial charge in [-0.1, -0.05) is 12.1 Å². The van der Waals surface area contributed by atoms with Crippen LogP contribution in [0.15, 0.2) is 48.9 Å². The zero-order valence-electron chi connectivity index (χ0n) is 15.2. The van der Waals surface area contributed by atoms with Crippen LogP contribution in [0.4, 0.5) is 0 Å². The highest BCUT2D eigenvalue weighted by atomic mass is 16.5. The van der Waals surface area contributed by atoms with Gasteiger partial charge in [0.05, 0.1) is 22.7 Å². The Morgan fingerprint density at radius 1 is 1.26 bits per heavy atom. The van der Waals surface area contributed by atoms with E-state index < -0.39 is 0 Å². The molecule has 7 heteroatoms. The molecule has 0 spiro atoms. The molecule has 27 heavy (non-hydrogen) atoms. The van der Waals surface area contributed by atoms with E-state index in [0.29, 0.717) is 24.3 Å². The van der Waals surface area contributed by atoms with E-state index in [0.717, 1.165) is 17.5 Å². The smallest absolute Gasteiger partial charge is 0.255 e. The number of carbonyl (C=O) groups is 1. The van der Waals surface area contributed by atoms with Gasteiger partial charge in [-0.3, -0.25) is 9.36 Å². The number of para-hydroxylation sites is 2. The summed E-state index contributed by atoms with van der Waals surface area (Å²) in [6.45, 7) is 0.587. The molecule has 1 saturated heterocycles. The number of methoxy groups -OCH3 is 1. The average molecular weight is 366 g/mol. The number of hydrogen-bond donors (Lipinski definition) is 1. The lowest BCUT2D eigenvalue weighted by molar-refractivity contribution is 0.0675. The van der Waals surface area contributed by atoms with E-state index in [-0.39, 0.29) is 24.7 Å². The van der Waals surface area contributed by atoms with Crippen LogP contribution in [0.1, 0.15) is 23.2 Å². The molecule has 4 rings (SSSR count). The number of aliphatic hydroxyl groups excluding tert-OH is 1. The summed E-state index contributed by atoms with van der Waals surface area (Å²) < 4.78 is 7.31. The van der Waals surface area contributed by atoms with E-state index in [1.54, 1.807) is 30.6 Å². The molecule has 2 atom stereocenters. The average Bonchev–Trinajstić information content (AvgIpc) is 3.32. The second-order valence-electron chi connectivity index (χ2n) is 6.73. The summed E-state index contributed by atoms with van der Waals surface area (Å²) in [5, 5.41) is 9.28. The van der Waals surface area contributed by atoms with Gasteiger partial charge in [0.25, 0.3) is 5.91 Å². The number of likely N-dealkylation sites (tertiary alicyclic amines) is 1. The highest BCUT2D eigenvalue weighted by molar-refractivity contribution is 5.94. The van der Waals surface area contributed by atoms with Gasteiger partial charge in [-0.2, -0.15) is 0 Å². The summed E-state index contributed by atoms with van der Waals surface area (Å²) in [4.78, 5) is 23.6. The summed E-state index contributed by atoms with van der Waals surface area (Å²) in [6, 6.07) is 11.4. The molecule has 0 unspecified atom stereocenters. The predicted octanol–water partition coefficient (Wildman–Crippen LogP) is 2.03. The third-order valence-corrected chi connectivity index (χ3v) is 5.13.